The van der Waals surface area contributed by atoms with E-state index in [0.29, 0.717) is 11.8 Å². The van der Waals surface area contributed by atoms with Crippen molar-refractivity contribution in [2.45, 2.75) is 70.1 Å². The van der Waals surface area contributed by atoms with Crippen LogP contribution in [-0.4, -0.2) is 0 Å². The van der Waals surface area contributed by atoms with Crippen LogP contribution >= 0.6 is 0 Å². The van der Waals surface area contributed by atoms with Crippen molar-refractivity contribution in [3.63, 3.8) is 0 Å². The van der Waals surface area contributed by atoms with Crippen molar-refractivity contribution in [2.75, 3.05) is 0 Å². The standard InChI is InChI=1S/C29H36/c1-4-16-27(24-18-10-7-11-19-24)29(6-3,26-22-14-9-15-23-26)28(17-5-2)25-20-12-8-13-21-25/h7-15,18-23,27-28H,4-6,16-17H2,1-3H3. The summed E-state index contributed by atoms with van der Waals surface area (Å²) in [7, 11) is 0. The first-order valence-corrected chi connectivity index (χ1v) is 11.4. The molecule has 29 heavy (non-hydrogen) atoms. The molecule has 0 saturated heterocycles. The largest absolute Gasteiger partial charge is 0.0654 e. The quantitative estimate of drug-likeness (QED) is 0.328. The lowest BCUT2D eigenvalue weighted by Crippen LogP contribution is -2.40. The molecule has 0 aliphatic rings. The summed E-state index contributed by atoms with van der Waals surface area (Å²) in [5, 5.41) is 0. The van der Waals surface area contributed by atoms with Crippen molar-refractivity contribution in [1.82, 2.24) is 0 Å². The molecule has 0 saturated carbocycles. The van der Waals surface area contributed by atoms with Crippen LogP contribution in [0.15, 0.2) is 91.0 Å². The smallest absolute Gasteiger partial charge is 0.00875 e. The lowest BCUT2D eigenvalue weighted by atomic mass is 9.55. The number of benzene rings is 3. The van der Waals surface area contributed by atoms with Gasteiger partial charge >= 0.3 is 0 Å². The van der Waals surface area contributed by atoms with Crippen LogP contribution in [0.2, 0.25) is 0 Å². The SMILES string of the molecule is CCCC(c1ccccc1)C(CC)(c1ccccc1)C(CCC)c1ccccc1. The minimum absolute atomic E-state index is 0.0794. The van der Waals surface area contributed by atoms with Gasteiger partial charge in [-0.1, -0.05) is 125 Å². The maximum atomic E-state index is 2.41. The molecule has 0 heterocycles. The Morgan fingerprint density at radius 3 is 1.28 bits per heavy atom. The first kappa shape index (κ1) is 21.4. The third-order valence-electron chi connectivity index (χ3n) is 6.70. The first-order chi connectivity index (χ1) is 14.3. The van der Waals surface area contributed by atoms with Crippen molar-refractivity contribution < 1.29 is 0 Å². The van der Waals surface area contributed by atoms with Gasteiger partial charge in [-0.05, 0) is 47.8 Å². The van der Waals surface area contributed by atoms with E-state index in [2.05, 4.69) is 112 Å². The van der Waals surface area contributed by atoms with Crippen molar-refractivity contribution >= 4 is 0 Å². The average molecular weight is 385 g/mol. The average Bonchev–Trinajstić information content (AvgIpc) is 2.80. The molecule has 0 heteroatoms. The lowest BCUT2D eigenvalue weighted by Gasteiger charge is -2.48. The predicted molar refractivity (Wildman–Crippen MR) is 127 cm³/mol. The van der Waals surface area contributed by atoms with E-state index in [1.165, 1.54) is 42.4 Å². The van der Waals surface area contributed by atoms with Crippen LogP contribution in [0.5, 0.6) is 0 Å². The Morgan fingerprint density at radius 2 is 0.931 bits per heavy atom. The van der Waals surface area contributed by atoms with E-state index in [1.807, 2.05) is 0 Å². The third-order valence-corrected chi connectivity index (χ3v) is 6.70. The molecule has 0 N–H and O–H groups in total. The van der Waals surface area contributed by atoms with E-state index >= 15 is 0 Å². The van der Waals surface area contributed by atoms with Gasteiger partial charge in [0, 0.05) is 5.41 Å². The van der Waals surface area contributed by atoms with E-state index < -0.39 is 0 Å². The number of rotatable bonds is 10. The fourth-order valence-corrected chi connectivity index (χ4v) is 5.48. The van der Waals surface area contributed by atoms with E-state index in [1.54, 1.807) is 0 Å². The lowest BCUT2D eigenvalue weighted by molar-refractivity contribution is 0.242. The van der Waals surface area contributed by atoms with Crippen molar-refractivity contribution in [1.29, 1.82) is 0 Å². The topological polar surface area (TPSA) is 0 Å². The predicted octanol–water partition coefficient (Wildman–Crippen LogP) is 8.50. The third kappa shape index (κ3) is 4.47. The van der Waals surface area contributed by atoms with Gasteiger partial charge in [0.25, 0.3) is 0 Å². The summed E-state index contributed by atoms with van der Waals surface area (Å²) in [5.74, 6) is 0.996. The summed E-state index contributed by atoms with van der Waals surface area (Å²) in [5.41, 5.74) is 4.54. The van der Waals surface area contributed by atoms with E-state index in [4.69, 9.17) is 0 Å². The molecular weight excluding hydrogens is 348 g/mol. The molecule has 0 aliphatic carbocycles. The number of hydrogen-bond acceptors (Lipinski definition) is 0. The molecule has 0 fully saturated rings. The second-order valence-electron chi connectivity index (χ2n) is 8.26. The molecular formula is C29H36. The fourth-order valence-electron chi connectivity index (χ4n) is 5.48. The highest BCUT2D eigenvalue weighted by Crippen LogP contribution is 2.54. The summed E-state index contributed by atoms with van der Waals surface area (Å²) >= 11 is 0. The van der Waals surface area contributed by atoms with Gasteiger partial charge in [0.2, 0.25) is 0 Å². The Morgan fingerprint density at radius 1 is 0.552 bits per heavy atom. The Labute approximate surface area is 178 Å². The van der Waals surface area contributed by atoms with Crippen LogP contribution in [-0.2, 0) is 5.41 Å². The fraction of sp³-hybridized carbons (Fsp3) is 0.379. The Balaban J connectivity index is 2.27. The summed E-state index contributed by atoms with van der Waals surface area (Å²) < 4.78 is 0. The highest BCUT2D eigenvalue weighted by molar-refractivity contribution is 5.40. The van der Waals surface area contributed by atoms with E-state index in [9.17, 15) is 0 Å². The van der Waals surface area contributed by atoms with E-state index in [-0.39, 0.29) is 5.41 Å². The van der Waals surface area contributed by atoms with Gasteiger partial charge in [-0.15, -0.1) is 0 Å². The second kappa shape index (κ2) is 10.4. The summed E-state index contributed by atoms with van der Waals surface area (Å²) in [6, 6.07) is 33.9. The Kier molecular flexibility index (Phi) is 7.69. The van der Waals surface area contributed by atoms with Crippen LogP contribution in [0, 0.1) is 0 Å². The van der Waals surface area contributed by atoms with Gasteiger partial charge < -0.3 is 0 Å². The molecule has 2 unspecified atom stereocenters. The Hall–Kier alpha value is -2.34. The summed E-state index contributed by atoms with van der Waals surface area (Å²) in [6.07, 6.45) is 5.94. The highest BCUT2D eigenvalue weighted by Gasteiger charge is 2.45. The van der Waals surface area contributed by atoms with Crippen LogP contribution in [0.3, 0.4) is 0 Å². The monoisotopic (exact) mass is 384 g/mol. The highest BCUT2D eigenvalue weighted by atomic mass is 14.5. The molecule has 0 bridgehead atoms. The number of hydrogen-bond donors (Lipinski definition) is 0. The van der Waals surface area contributed by atoms with E-state index in [0.717, 1.165) is 6.42 Å². The normalized spacial score (nSPS) is 15.4. The molecule has 0 spiro atoms. The molecule has 0 nitrogen and oxygen atoms in total. The summed E-state index contributed by atoms with van der Waals surface area (Å²) in [4.78, 5) is 0. The maximum Gasteiger partial charge on any atom is 0.00875 e. The Bertz CT molecular complexity index is 770. The second-order valence-corrected chi connectivity index (χ2v) is 8.26. The van der Waals surface area contributed by atoms with Gasteiger partial charge in [-0.3, -0.25) is 0 Å². The van der Waals surface area contributed by atoms with Gasteiger partial charge in [-0.25, -0.2) is 0 Å². The van der Waals surface area contributed by atoms with Crippen molar-refractivity contribution in [2.24, 2.45) is 0 Å². The molecule has 2 atom stereocenters. The zero-order chi connectivity index (χ0) is 20.5. The maximum absolute atomic E-state index is 2.41. The van der Waals surface area contributed by atoms with Gasteiger partial charge in [0.1, 0.15) is 0 Å². The zero-order valence-corrected chi connectivity index (χ0v) is 18.4. The van der Waals surface area contributed by atoms with Crippen LogP contribution < -0.4 is 0 Å². The van der Waals surface area contributed by atoms with Crippen LogP contribution in [0.25, 0.3) is 0 Å². The molecule has 3 rings (SSSR count). The van der Waals surface area contributed by atoms with Crippen molar-refractivity contribution in [3.05, 3.63) is 108 Å². The molecule has 3 aromatic carbocycles. The molecule has 0 amide bonds. The molecule has 0 aromatic heterocycles. The van der Waals surface area contributed by atoms with Gasteiger partial charge in [0.15, 0.2) is 0 Å². The summed E-state index contributed by atoms with van der Waals surface area (Å²) in [6.45, 7) is 7.07. The van der Waals surface area contributed by atoms with Crippen LogP contribution in [0.4, 0.5) is 0 Å². The van der Waals surface area contributed by atoms with Crippen molar-refractivity contribution in [3.8, 4) is 0 Å². The van der Waals surface area contributed by atoms with Crippen LogP contribution in [0.1, 0.15) is 81.4 Å². The van der Waals surface area contributed by atoms with Gasteiger partial charge in [0.05, 0.1) is 0 Å². The molecule has 3 aromatic rings. The minimum Gasteiger partial charge on any atom is -0.0654 e. The molecule has 0 aliphatic heterocycles. The molecule has 152 valence electrons. The first-order valence-electron chi connectivity index (χ1n) is 11.4. The zero-order valence-electron chi connectivity index (χ0n) is 18.4. The minimum atomic E-state index is 0.0794. The van der Waals surface area contributed by atoms with Gasteiger partial charge in [-0.2, -0.15) is 0 Å². The molecule has 0 radical (unpaired) electrons.